The van der Waals surface area contributed by atoms with Gasteiger partial charge in [-0.25, -0.2) is 0 Å². The van der Waals surface area contributed by atoms with Gasteiger partial charge in [0, 0.05) is 11.4 Å². The highest BCUT2D eigenvalue weighted by atomic mass is 19.4. The Morgan fingerprint density at radius 2 is 1.56 bits per heavy atom. The number of hydrogen-bond donors (Lipinski definition) is 2. The first-order chi connectivity index (χ1) is 11.6. The number of halogens is 3. The summed E-state index contributed by atoms with van der Waals surface area (Å²) in [6.07, 6.45) is -4.37. The fourth-order valence-corrected chi connectivity index (χ4v) is 2.40. The minimum atomic E-state index is -4.37. The number of benzene rings is 2. The molecule has 2 aromatic carbocycles. The van der Waals surface area contributed by atoms with Crippen molar-refractivity contribution in [1.29, 1.82) is 0 Å². The zero-order valence-electron chi connectivity index (χ0n) is 14.4. The summed E-state index contributed by atoms with van der Waals surface area (Å²) in [5.74, 6) is -0.267. The van der Waals surface area contributed by atoms with E-state index in [0.717, 1.165) is 23.4 Å². The largest absolute Gasteiger partial charge is 0.416 e. The molecule has 0 aliphatic carbocycles. The van der Waals surface area contributed by atoms with E-state index in [2.05, 4.69) is 31.4 Å². The number of carbonyl (C=O) groups is 1. The smallest absolute Gasteiger partial charge is 0.376 e. The van der Waals surface area contributed by atoms with Gasteiger partial charge in [0.05, 0.1) is 12.1 Å². The molecule has 0 spiro atoms. The van der Waals surface area contributed by atoms with Crippen LogP contribution in [0, 0.1) is 0 Å². The lowest BCUT2D eigenvalue weighted by molar-refractivity contribution is -0.137. The Hall–Kier alpha value is -2.50. The van der Waals surface area contributed by atoms with Gasteiger partial charge in [0.25, 0.3) is 0 Å². The summed E-state index contributed by atoms with van der Waals surface area (Å²) in [4.78, 5) is 12.1. The van der Waals surface area contributed by atoms with Crippen LogP contribution in [0.2, 0.25) is 0 Å². The topological polar surface area (TPSA) is 41.1 Å². The van der Waals surface area contributed by atoms with Crippen molar-refractivity contribution in [1.82, 2.24) is 0 Å². The number of alkyl halides is 3. The standard InChI is InChI=1S/C19H21F3N2O/c1-18(2,3)15-6-4-5-7-16(15)24-17(25)12-23-14-10-8-13(9-11-14)19(20,21)22/h4-11,23H,12H2,1-3H3,(H,24,25). The van der Waals surface area contributed by atoms with E-state index >= 15 is 0 Å². The highest BCUT2D eigenvalue weighted by Gasteiger charge is 2.29. The molecule has 2 aromatic rings. The second kappa shape index (κ2) is 7.17. The molecule has 0 heterocycles. The molecule has 25 heavy (non-hydrogen) atoms. The molecule has 0 aliphatic heterocycles. The monoisotopic (exact) mass is 350 g/mol. The maximum absolute atomic E-state index is 12.5. The molecule has 0 unspecified atom stereocenters. The Kier molecular flexibility index (Phi) is 5.40. The quantitative estimate of drug-likeness (QED) is 0.810. The van der Waals surface area contributed by atoms with Crippen LogP contribution in [0.1, 0.15) is 31.9 Å². The lowest BCUT2D eigenvalue weighted by Gasteiger charge is -2.23. The van der Waals surface area contributed by atoms with Crippen molar-refractivity contribution in [3.63, 3.8) is 0 Å². The Morgan fingerprint density at radius 3 is 2.12 bits per heavy atom. The van der Waals surface area contributed by atoms with Gasteiger partial charge >= 0.3 is 6.18 Å². The van der Waals surface area contributed by atoms with E-state index in [-0.39, 0.29) is 17.9 Å². The van der Waals surface area contributed by atoms with Crippen LogP contribution in [0.25, 0.3) is 0 Å². The van der Waals surface area contributed by atoms with Gasteiger partial charge in [-0.3, -0.25) is 4.79 Å². The first-order valence-corrected chi connectivity index (χ1v) is 7.88. The molecule has 0 aliphatic rings. The molecule has 0 radical (unpaired) electrons. The Labute approximate surface area is 145 Å². The van der Waals surface area contributed by atoms with Gasteiger partial charge in [0.15, 0.2) is 0 Å². The normalized spacial score (nSPS) is 11.9. The fraction of sp³-hybridized carbons (Fsp3) is 0.316. The minimum Gasteiger partial charge on any atom is -0.376 e. The zero-order chi connectivity index (χ0) is 18.7. The lowest BCUT2D eigenvalue weighted by atomic mass is 9.86. The molecule has 2 rings (SSSR count). The molecular formula is C19H21F3N2O. The number of rotatable bonds is 4. The number of amides is 1. The van der Waals surface area contributed by atoms with Crippen molar-refractivity contribution in [2.45, 2.75) is 32.4 Å². The van der Waals surface area contributed by atoms with Gasteiger partial charge in [-0.15, -0.1) is 0 Å². The summed E-state index contributed by atoms with van der Waals surface area (Å²) in [6, 6.07) is 12.1. The summed E-state index contributed by atoms with van der Waals surface area (Å²) in [6.45, 7) is 6.12. The van der Waals surface area contributed by atoms with Crippen molar-refractivity contribution in [2.24, 2.45) is 0 Å². The number of nitrogens with one attached hydrogen (secondary N) is 2. The van der Waals surface area contributed by atoms with Crippen LogP contribution in [0.15, 0.2) is 48.5 Å². The van der Waals surface area contributed by atoms with Gasteiger partial charge in [-0.2, -0.15) is 13.2 Å². The molecule has 134 valence electrons. The SMILES string of the molecule is CC(C)(C)c1ccccc1NC(=O)CNc1ccc(C(F)(F)F)cc1. The Bertz CT molecular complexity index is 732. The third kappa shape index (κ3) is 5.24. The molecule has 3 nitrogen and oxygen atoms in total. The first kappa shape index (κ1) is 18.8. The van der Waals surface area contributed by atoms with E-state index in [9.17, 15) is 18.0 Å². The van der Waals surface area contributed by atoms with Gasteiger partial charge in [0.1, 0.15) is 0 Å². The van der Waals surface area contributed by atoms with Crippen LogP contribution in [-0.4, -0.2) is 12.5 Å². The average Bonchev–Trinajstić information content (AvgIpc) is 2.52. The number of hydrogen-bond acceptors (Lipinski definition) is 2. The summed E-state index contributed by atoms with van der Waals surface area (Å²) in [5, 5.41) is 5.66. The maximum atomic E-state index is 12.5. The molecule has 0 saturated heterocycles. The molecule has 0 saturated carbocycles. The number of anilines is 2. The Balaban J connectivity index is 1.98. The molecule has 2 N–H and O–H groups in total. The zero-order valence-corrected chi connectivity index (χ0v) is 14.4. The predicted octanol–water partition coefficient (Wildman–Crippen LogP) is 5.05. The first-order valence-electron chi connectivity index (χ1n) is 7.88. The van der Waals surface area contributed by atoms with Crippen LogP contribution in [0.3, 0.4) is 0 Å². The highest BCUT2D eigenvalue weighted by molar-refractivity contribution is 5.94. The second-order valence-corrected chi connectivity index (χ2v) is 6.77. The predicted molar refractivity (Wildman–Crippen MR) is 93.7 cm³/mol. The third-order valence-electron chi connectivity index (χ3n) is 3.67. The van der Waals surface area contributed by atoms with E-state index in [1.165, 1.54) is 12.1 Å². The van der Waals surface area contributed by atoms with Crippen LogP contribution in [-0.2, 0) is 16.4 Å². The summed E-state index contributed by atoms with van der Waals surface area (Å²) < 4.78 is 37.6. The van der Waals surface area contributed by atoms with Crippen LogP contribution >= 0.6 is 0 Å². The second-order valence-electron chi connectivity index (χ2n) is 6.77. The highest BCUT2D eigenvalue weighted by Crippen LogP contribution is 2.30. The Morgan fingerprint density at radius 1 is 0.960 bits per heavy atom. The van der Waals surface area contributed by atoms with Crippen molar-refractivity contribution in [3.05, 3.63) is 59.7 Å². The third-order valence-corrected chi connectivity index (χ3v) is 3.67. The van der Waals surface area contributed by atoms with E-state index in [4.69, 9.17) is 0 Å². The molecule has 0 fully saturated rings. The van der Waals surface area contributed by atoms with Gasteiger partial charge < -0.3 is 10.6 Å². The lowest BCUT2D eigenvalue weighted by Crippen LogP contribution is -2.24. The van der Waals surface area contributed by atoms with Crippen molar-refractivity contribution in [3.8, 4) is 0 Å². The van der Waals surface area contributed by atoms with Gasteiger partial charge in [0.2, 0.25) is 5.91 Å². The summed E-state index contributed by atoms with van der Waals surface area (Å²) >= 11 is 0. The molecule has 0 aromatic heterocycles. The van der Waals surface area contributed by atoms with Crippen LogP contribution < -0.4 is 10.6 Å². The van der Waals surface area contributed by atoms with E-state index in [1.54, 1.807) is 0 Å². The molecule has 6 heteroatoms. The van der Waals surface area contributed by atoms with E-state index in [1.807, 2.05) is 24.3 Å². The van der Waals surface area contributed by atoms with E-state index in [0.29, 0.717) is 5.69 Å². The van der Waals surface area contributed by atoms with Gasteiger partial charge in [-0.1, -0.05) is 39.0 Å². The maximum Gasteiger partial charge on any atom is 0.416 e. The average molecular weight is 350 g/mol. The van der Waals surface area contributed by atoms with Crippen molar-refractivity contribution in [2.75, 3.05) is 17.2 Å². The minimum absolute atomic E-state index is 0.0379. The summed E-state index contributed by atoms with van der Waals surface area (Å²) in [5.41, 5.74) is 1.35. The summed E-state index contributed by atoms with van der Waals surface area (Å²) in [7, 11) is 0. The molecular weight excluding hydrogens is 329 g/mol. The van der Waals surface area contributed by atoms with Crippen LogP contribution in [0.4, 0.5) is 24.5 Å². The van der Waals surface area contributed by atoms with Crippen molar-refractivity contribution >= 4 is 17.3 Å². The van der Waals surface area contributed by atoms with E-state index < -0.39 is 11.7 Å². The molecule has 0 bridgehead atoms. The van der Waals surface area contributed by atoms with Crippen molar-refractivity contribution < 1.29 is 18.0 Å². The number of carbonyl (C=O) groups excluding carboxylic acids is 1. The fourth-order valence-electron chi connectivity index (χ4n) is 2.40. The van der Waals surface area contributed by atoms with Gasteiger partial charge in [-0.05, 0) is 41.3 Å². The number of para-hydroxylation sites is 1. The molecule has 0 atom stereocenters. The molecule has 1 amide bonds. The van der Waals surface area contributed by atoms with Crippen LogP contribution in [0.5, 0.6) is 0 Å².